The molecule has 0 aliphatic carbocycles. The van der Waals surface area contributed by atoms with Crippen LogP contribution in [0.3, 0.4) is 0 Å². The van der Waals surface area contributed by atoms with Gasteiger partial charge in [-0.3, -0.25) is 9.48 Å². The molecule has 2 atom stereocenters. The van der Waals surface area contributed by atoms with E-state index in [1.165, 1.54) is 0 Å². The number of nitrogens with zero attached hydrogens (tertiary/aromatic N) is 2. The van der Waals surface area contributed by atoms with Crippen molar-refractivity contribution in [1.29, 1.82) is 0 Å². The fourth-order valence-electron chi connectivity index (χ4n) is 3.33. The smallest absolute Gasteiger partial charge is 0.251 e. The van der Waals surface area contributed by atoms with E-state index in [4.69, 9.17) is 9.47 Å². The second kappa shape index (κ2) is 8.47. The van der Waals surface area contributed by atoms with Crippen molar-refractivity contribution >= 4 is 5.91 Å². The van der Waals surface area contributed by atoms with Gasteiger partial charge in [0.05, 0.1) is 24.9 Å². The molecule has 0 spiro atoms. The summed E-state index contributed by atoms with van der Waals surface area (Å²) in [6, 6.07) is 9.74. The molecule has 1 fully saturated rings. The van der Waals surface area contributed by atoms with Crippen molar-refractivity contribution in [2.24, 2.45) is 0 Å². The zero-order valence-electron chi connectivity index (χ0n) is 15.7. The van der Waals surface area contributed by atoms with E-state index in [9.17, 15) is 4.79 Å². The highest BCUT2D eigenvalue weighted by Crippen LogP contribution is 2.14. The Morgan fingerprint density at radius 1 is 1.38 bits per heavy atom. The minimum absolute atomic E-state index is 0.0177. The lowest BCUT2D eigenvalue weighted by atomic mass is 10.0. The molecular weight excluding hydrogens is 330 g/mol. The predicted octanol–water partition coefficient (Wildman–Crippen LogP) is 2.47. The van der Waals surface area contributed by atoms with Crippen LogP contribution in [0, 0.1) is 13.8 Å². The molecule has 1 aromatic heterocycles. The van der Waals surface area contributed by atoms with Crippen molar-refractivity contribution in [3.63, 3.8) is 0 Å². The average Bonchev–Trinajstić information content (AvgIpc) is 2.94. The average molecular weight is 357 g/mol. The highest BCUT2D eigenvalue weighted by molar-refractivity contribution is 5.94. The Kier molecular flexibility index (Phi) is 6.06. The molecule has 6 heteroatoms. The molecule has 3 rings (SSSR count). The molecule has 0 saturated carbocycles. The minimum Gasteiger partial charge on any atom is -0.379 e. The molecule has 2 aromatic rings. The maximum atomic E-state index is 12.7. The van der Waals surface area contributed by atoms with Crippen LogP contribution in [0.5, 0.6) is 0 Å². The van der Waals surface area contributed by atoms with E-state index in [1.54, 1.807) is 0 Å². The topological polar surface area (TPSA) is 65.4 Å². The predicted molar refractivity (Wildman–Crippen MR) is 99.3 cm³/mol. The molecule has 1 N–H and O–H groups in total. The van der Waals surface area contributed by atoms with Crippen molar-refractivity contribution in [2.45, 2.75) is 45.9 Å². The van der Waals surface area contributed by atoms with E-state index >= 15 is 0 Å². The molecule has 1 amide bonds. The van der Waals surface area contributed by atoms with Crippen LogP contribution in [0.1, 0.15) is 40.7 Å². The van der Waals surface area contributed by atoms with Gasteiger partial charge >= 0.3 is 0 Å². The molecule has 26 heavy (non-hydrogen) atoms. The van der Waals surface area contributed by atoms with Gasteiger partial charge in [-0.15, -0.1) is 0 Å². The largest absolute Gasteiger partial charge is 0.379 e. The highest BCUT2D eigenvalue weighted by Gasteiger charge is 2.27. The van der Waals surface area contributed by atoms with Gasteiger partial charge in [0, 0.05) is 24.5 Å². The first-order valence-corrected chi connectivity index (χ1v) is 9.17. The summed E-state index contributed by atoms with van der Waals surface area (Å²) in [5.74, 6) is -0.0724. The van der Waals surface area contributed by atoms with Crippen molar-refractivity contribution < 1.29 is 14.3 Å². The first-order valence-electron chi connectivity index (χ1n) is 9.17. The van der Waals surface area contributed by atoms with E-state index in [1.807, 2.05) is 49.7 Å². The number of hydrogen-bond acceptors (Lipinski definition) is 4. The van der Waals surface area contributed by atoms with Crippen LogP contribution >= 0.6 is 0 Å². The monoisotopic (exact) mass is 357 g/mol. The molecule has 140 valence electrons. The van der Waals surface area contributed by atoms with Crippen LogP contribution in [0.4, 0.5) is 0 Å². The van der Waals surface area contributed by atoms with Gasteiger partial charge in [0.25, 0.3) is 5.91 Å². The number of rotatable bonds is 6. The number of amides is 1. The van der Waals surface area contributed by atoms with Crippen LogP contribution in [0.2, 0.25) is 0 Å². The maximum absolute atomic E-state index is 12.7. The molecule has 2 heterocycles. The minimum atomic E-state index is -0.0874. The van der Waals surface area contributed by atoms with Gasteiger partial charge < -0.3 is 14.8 Å². The number of hydrogen-bond donors (Lipinski definition) is 1. The van der Waals surface area contributed by atoms with Crippen molar-refractivity contribution in [2.75, 3.05) is 19.8 Å². The number of nitrogens with one attached hydrogen (secondary N) is 1. The Labute approximate surface area is 154 Å². The third kappa shape index (κ3) is 4.51. The first kappa shape index (κ1) is 18.6. The normalized spacial score (nSPS) is 20.1. The van der Waals surface area contributed by atoms with Crippen LogP contribution in [-0.4, -0.2) is 47.7 Å². The maximum Gasteiger partial charge on any atom is 0.251 e. The summed E-state index contributed by atoms with van der Waals surface area (Å²) in [6.45, 7) is 8.41. The molecule has 0 radical (unpaired) electrons. The fraction of sp³-hybridized carbons (Fsp3) is 0.500. The van der Waals surface area contributed by atoms with E-state index < -0.39 is 0 Å². The Bertz CT molecular complexity index is 755. The van der Waals surface area contributed by atoms with Crippen LogP contribution < -0.4 is 5.32 Å². The van der Waals surface area contributed by atoms with Gasteiger partial charge in [-0.1, -0.05) is 12.1 Å². The second-order valence-corrected chi connectivity index (χ2v) is 6.72. The number of aryl methyl sites for hydroxylation is 2. The van der Waals surface area contributed by atoms with Crippen molar-refractivity contribution in [1.82, 2.24) is 15.1 Å². The number of aromatic nitrogens is 2. The fourth-order valence-corrected chi connectivity index (χ4v) is 3.33. The standard InChI is InChI=1S/C20H27N3O3/c1-4-26-19-13-25-9-8-18(19)21-20(24)17-7-5-6-16(11-17)12-23-15(3)10-14(2)22-23/h5-7,10-11,18-19H,4,8-9,12-13H2,1-3H3,(H,21,24)/t18-,19-/m1/s1. The summed E-state index contributed by atoms with van der Waals surface area (Å²) in [6.07, 6.45) is 0.678. The van der Waals surface area contributed by atoms with E-state index in [0.29, 0.717) is 31.9 Å². The summed E-state index contributed by atoms with van der Waals surface area (Å²) in [5, 5.41) is 7.60. The Morgan fingerprint density at radius 3 is 2.96 bits per heavy atom. The van der Waals surface area contributed by atoms with Gasteiger partial charge in [-0.25, -0.2) is 0 Å². The zero-order valence-corrected chi connectivity index (χ0v) is 15.7. The number of carbonyl (C=O) groups is 1. The molecule has 1 saturated heterocycles. The molecule has 0 bridgehead atoms. The van der Waals surface area contributed by atoms with Crippen LogP contribution in [-0.2, 0) is 16.0 Å². The SMILES string of the molecule is CCO[C@@H]1COCC[C@H]1NC(=O)c1cccc(Cn2nc(C)cc2C)c1. The van der Waals surface area contributed by atoms with E-state index in [2.05, 4.69) is 16.5 Å². The van der Waals surface area contributed by atoms with Gasteiger partial charge in [0.2, 0.25) is 0 Å². The van der Waals surface area contributed by atoms with Gasteiger partial charge in [-0.05, 0) is 51.0 Å². The number of benzene rings is 1. The quantitative estimate of drug-likeness (QED) is 0.863. The van der Waals surface area contributed by atoms with Crippen LogP contribution in [0.15, 0.2) is 30.3 Å². The third-order valence-electron chi connectivity index (χ3n) is 4.63. The Hall–Kier alpha value is -2.18. The summed E-state index contributed by atoms with van der Waals surface area (Å²) in [7, 11) is 0. The lowest BCUT2D eigenvalue weighted by Crippen LogP contribution is -2.50. The molecule has 1 aliphatic rings. The second-order valence-electron chi connectivity index (χ2n) is 6.72. The number of ether oxygens (including phenoxy) is 2. The Morgan fingerprint density at radius 2 is 2.23 bits per heavy atom. The number of carbonyl (C=O) groups excluding carboxylic acids is 1. The third-order valence-corrected chi connectivity index (χ3v) is 4.63. The van der Waals surface area contributed by atoms with Gasteiger partial charge in [0.15, 0.2) is 0 Å². The van der Waals surface area contributed by atoms with Gasteiger partial charge in [-0.2, -0.15) is 5.10 Å². The summed E-state index contributed by atoms with van der Waals surface area (Å²) >= 11 is 0. The summed E-state index contributed by atoms with van der Waals surface area (Å²) in [4.78, 5) is 12.7. The molecule has 1 aliphatic heterocycles. The molecule has 6 nitrogen and oxygen atoms in total. The van der Waals surface area contributed by atoms with Gasteiger partial charge in [0.1, 0.15) is 6.10 Å². The van der Waals surface area contributed by atoms with Crippen LogP contribution in [0.25, 0.3) is 0 Å². The molecule has 1 aromatic carbocycles. The lowest BCUT2D eigenvalue weighted by molar-refractivity contribution is -0.0632. The Balaban J connectivity index is 1.68. The summed E-state index contributed by atoms with van der Waals surface area (Å²) in [5.41, 5.74) is 3.82. The first-order chi connectivity index (χ1) is 12.6. The van der Waals surface area contributed by atoms with E-state index in [0.717, 1.165) is 23.4 Å². The molecular formula is C20H27N3O3. The summed E-state index contributed by atoms with van der Waals surface area (Å²) < 4.78 is 13.1. The van der Waals surface area contributed by atoms with Crippen molar-refractivity contribution in [3.8, 4) is 0 Å². The molecule has 0 unspecified atom stereocenters. The highest BCUT2D eigenvalue weighted by atomic mass is 16.5. The van der Waals surface area contributed by atoms with Crippen molar-refractivity contribution in [3.05, 3.63) is 52.8 Å². The lowest BCUT2D eigenvalue weighted by Gasteiger charge is -2.31. The zero-order chi connectivity index (χ0) is 18.5. The van der Waals surface area contributed by atoms with E-state index in [-0.39, 0.29) is 18.1 Å².